The standard InChI is InChI=1S/C18H21N3O3/c1-11-19-17(24-20-11)14-7-8-21(10-14)18(22)13-5-6-16(23-2)15(9-13)12-3-4-12/h5-6,9,12,14H,3-4,7-8,10H2,1-2H3/t14-/m0/s1. The maximum absolute atomic E-state index is 12.8. The van der Waals surface area contributed by atoms with Crippen molar-refractivity contribution in [3.63, 3.8) is 0 Å². The molecule has 2 heterocycles. The number of aromatic nitrogens is 2. The maximum atomic E-state index is 12.8. The van der Waals surface area contributed by atoms with Gasteiger partial charge in [-0.2, -0.15) is 4.98 Å². The van der Waals surface area contributed by atoms with E-state index in [1.807, 2.05) is 30.0 Å². The molecule has 0 radical (unpaired) electrons. The van der Waals surface area contributed by atoms with Crippen molar-refractivity contribution in [1.29, 1.82) is 0 Å². The van der Waals surface area contributed by atoms with Gasteiger partial charge in [0.15, 0.2) is 5.82 Å². The van der Waals surface area contributed by atoms with Gasteiger partial charge in [-0.15, -0.1) is 0 Å². The van der Waals surface area contributed by atoms with Crippen LogP contribution in [0.1, 0.15) is 58.7 Å². The molecule has 2 aromatic rings. The molecule has 4 rings (SSSR count). The van der Waals surface area contributed by atoms with Gasteiger partial charge in [0.2, 0.25) is 5.89 Å². The first-order valence-corrected chi connectivity index (χ1v) is 8.43. The van der Waals surface area contributed by atoms with E-state index in [-0.39, 0.29) is 11.8 Å². The summed E-state index contributed by atoms with van der Waals surface area (Å²) in [4.78, 5) is 19.0. The fourth-order valence-electron chi connectivity index (χ4n) is 3.39. The highest BCUT2D eigenvalue weighted by Gasteiger charge is 2.32. The van der Waals surface area contributed by atoms with Crippen molar-refractivity contribution >= 4 is 5.91 Å². The Labute approximate surface area is 140 Å². The molecule has 1 aromatic carbocycles. The number of carbonyl (C=O) groups excluding carboxylic acids is 1. The molecule has 0 N–H and O–H groups in total. The number of nitrogens with zero attached hydrogens (tertiary/aromatic N) is 3. The number of likely N-dealkylation sites (tertiary alicyclic amines) is 1. The quantitative estimate of drug-likeness (QED) is 0.863. The van der Waals surface area contributed by atoms with Gasteiger partial charge >= 0.3 is 0 Å². The molecule has 1 aromatic heterocycles. The van der Waals surface area contributed by atoms with E-state index in [2.05, 4.69) is 10.1 Å². The molecule has 1 saturated heterocycles. The number of hydrogen-bond donors (Lipinski definition) is 0. The van der Waals surface area contributed by atoms with Crippen molar-refractivity contribution in [2.75, 3.05) is 20.2 Å². The number of ether oxygens (including phenoxy) is 1. The number of methoxy groups -OCH3 is 1. The predicted molar refractivity (Wildman–Crippen MR) is 87.3 cm³/mol. The van der Waals surface area contributed by atoms with Crippen LogP contribution in [0.15, 0.2) is 22.7 Å². The Balaban J connectivity index is 1.51. The molecule has 1 amide bonds. The van der Waals surface area contributed by atoms with Crippen LogP contribution in [0.5, 0.6) is 5.75 Å². The lowest BCUT2D eigenvalue weighted by molar-refractivity contribution is 0.0789. The van der Waals surface area contributed by atoms with Crippen LogP contribution in [0.25, 0.3) is 0 Å². The van der Waals surface area contributed by atoms with Crippen molar-refractivity contribution in [2.45, 2.75) is 38.0 Å². The van der Waals surface area contributed by atoms with Crippen molar-refractivity contribution in [3.05, 3.63) is 41.0 Å². The van der Waals surface area contributed by atoms with Crippen LogP contribution in [0, 0.1) is 6.92 Å². The SMILES string of the molecule is COc1ccc(C(=O)N2CC[C@H](c3nc(C)no3)C2)cc1C1CC1. The molecule has 1 atom stereocenters. The molecule has 6 nitrogen and oxygen atoms in total. The Hall–Kier alpha value is -2.37. The second-order valence-electron chi connectivity index (χ2n) is 6.65. The lowest BCUT2D eigenvalue weighted by Gasteiger charge is -2.17. The summed E-state index contributed by atoms with van der Waals surface area (Å²) in [7, 11) is 1.68. The number of benzene rings is 1. The summed E-state index contributed by atoms with van der Waals surface area (Å²) in [6.45, 7) is 3.16. The van der Waals surface area contributed by atoms with Gasteiger partial charge in [0.05, 0.1) is 13.0 Å². The molecule has 0 unspecified atom stereocenters. The van der Waals surface area contributed by atoms with Gasteiger partial charge < -0.3 is 14.2 Å². The van der Waals surface area contributed by atoms with Gasteiger partial charge in [0, 0.05) is 18.7 Å². The first-order chi connectivity index (χ1) is 11.7. The molecular formula is C18H21N3O3. The maximum Gasteiger partial charge on any atom is 0.253 e. The lowest BCUT2D eigenvalue weighted by Crippen LogP contribution is -2.28. The molecular weight excluding hydrogens is 306 g/mol. The largest absolute Gasteiger partial charge is 0.496 e. The fourth-order valence-corrected chi connectivity index (χ4v) is 3.39. The predicted octanol–water partition coefficient (Wildman–Crippen LogP) is 2.89. The first kappa shape index (κ1) is 15.2. The van der Waals surface area contributed by atoms with E-state index in [9.17, 15) is 4.79 Å². The molecule has 6 heteroatoms. The van der Waals surface area contributed by atoms with Crippen molar-refractivity contribution < 1.29 is 14.1 Å². The Kier molecular flexibility index (Phi) is 3.75. The van der Waals surface area contributed by atoms with Gasteiger partial charge in [-0.1, -0.05) is 5.16 Å². The van der Waals surface area contributed by atoms with Crippen LogP contribution < -0.4 is 4.74 Å². The van der Waals surface area contributed by atoms with Crippen LogP contribution in [0.4, 0.5) is 0 Å². The monoisotopic (exact) mass is 327 g/mol. The van der Waals surface area contributed by atoms with E-state index < -0.39 is 0 Å². The average Bonchev–Trinajstić information content (AvgIpc) is 3.17. The molecule has 0 spiro atoms. The second-order valence-corrected chi connectivity index (χ2v) is 6.65. The van der Waals surface area contributed by atoms with E-state index in [1.165, 1.54) is 12.8 Å². The first-order valence-electron chi connectivity index (χ1n) is 8.43. The summed E-state index contributed by atoms with van der Waals surface area (Å²) in [5, 5.41) is 3.84. The summed E-state index contributed by atoms with van der Waals surface area (Å²) < 4.78 is 10.7. The number of carbonyl (C=O) groups is 1. The number of amides is 1. The topological polar surface area (TPSA) is 68.5 Å². The molecule has 2 fully saturated rings. The Morgan fingerprint density at radius 2 is 2.12 bits per heavy atom. The summed E-state index contributed by atoms with van der Waals surface area (Å²) >= 11 is 0. The summed E-state index contributed by atoms with van der Waals surface area (Å²) in [6.07, 6.45) is 3.21. The average molecular weight is 327 g/mol. The van der Waals surface area contributed by atoms with Crippen LogP contribution >= 0.6 is 0 Å². The van der Waals surface area contributed by atoms with Crippen LogP contribution in [-0.4, -0.2) is 41.1 Å². The third-order valence-electron chi connectivity index (χ3n) is 4.86. The zero-order valence-electron chi connectivity index (χ0n) is 14.0. The molecule has 1 aliphatic carbocycles. The van der Waals surface area contributed by atoms with Crippen LogP contribution in [-0.2, 0) is 0 Å². The van der Waals surface area contributed by atoms with Gasteiger partial charge in [-0.3, -0.25) is 4.79 Å². The Bertz CT molecular complexity index is 767. The minimum absolute atomic E-state index is 0.0679. The van der Waals surface area contributed by atoms with E-state index in [0.717, 1.165) is 29.8 Å². The van der Waals surface area contributed by atoms with Crippen LogP contribution in [0.3, 0.4) is 0 Å². The van der Waals surface area contributed by atoms with Gasteiger partial charge in [-0.25, -0.2) is 0 Å². The summed E-state index contributed by atoms with van der Waals surface area (Å²) in [6, 6.07) is 5.77. The van der Waals surface area contributed by atoms with E-state index in [1.54, 1.807) is 7.11 Å². The third kappa shape index (κ3) is 2.77. The Morgan fingerprint density at radius 1 is 1.29 bits per heavy atom. The van der Waals surface area contributed by atoms with Gasteiger partial charge in [-0.05, 0) is 55.9 Å². The molecule has 24 heavy (non-hydrogen) atoms. The molecule has 1 saturated carbocycles. The number of aryl methyl sites for hydroxylation is 1. The van der Waals surface area contributed by atoms with Crippen LogP contribution in [0.2, 0.25) is 0 Å². The van der Waals surface area contributed by atoms with E-state index in [0.29, 0.717) is 24.2 Å². The number of rotatable bonds is 4. The molecule has 0 bridgehead atoms. The highest BCUT2D eigenvalue weighted by molar-refractivity contribution is 5.95. The normalized spacial score (nSPS) is 20.4. The lowest BCUT2D eigenvalue weighted by atomic mass is 10.0. The third-order valence-corrected chi connectivity index (χ3v) is 4.86. The number of hydrogen-bond acceptors (Lipinski definition) is 5. The van der Waals surface area contributed by atoms with Crippen molar-refractivity contribution in [3.8, 4) is 5.75 Å². The highest BCUT2D eigenvalue weighted by Crippen LogP contribution is 2.44. The van der Waals surface area contributed by atoms with Crippen molar-refractivity contribution in [1.82, 2.24) is 15.0 Å². The minimum atomic E-state index is 0.0679. The van der Waals surface area contributed by atoms with Crippen molar-refractivity contribution in [2.24, 2.45) is 0 Å². The summed E-state index contributed by atoms with van der Waals surface area (Å²) in [5.74, 6) is 2.90. The Morgan fingerprint density at radius 3 is 2.79 bits per heavy atom. The minimum Gasteiger partial charge on any atom is -0.496 e. The zero-order chi connectivity index (χ0) is 16.7. The molecule has 126 valence electrons. The highest BCUT2D eigenvalue weighted by atomic mass is 16.5. The van der Waals surface area contributed by atoms with Gasteiger partial charge in [0.1, 0.15) is 5.75 Å². The smallest absolute Gasteiger partial charge is 0.253 e. The van der Waals surface area contributed by atoms with Gasteiger partial charge in [0.25, 0.3) is 5.91 Å². The van der Waals surface area contributed by atoms with E-state index in [4.69, 9.17) is 9.26 Å². The molecule has 1 aliphatic heterocycles. The summed E-state index contributed by atoms with van der Waals surface area (Å²) in [5.41, 5.74) is 1.90. The fraction of sp³-hybridized carbons (Fsp3) is 0.500. The zero-order valence-corrected chi connectivity index (χ0v) is 14.0. The molecule has 2 aliphatic rings. The van der Waals surface area contributed by atoms with E-state index >= 15 is 0 Å². The second kappa shape index (κ2) is 5.92.